The summed E-state index contributed by atoms with van der Waals surface area (Å²) in [6.07, 6.45) is 0.739. The van der Waals surface area contributed by atoms with Gasteiger partial charge in [-0.1, -0.05) is 12.1 Å². The number of hydrogen-bond acceptors (Lipinski definition) is 4. The molecular weight excluding hydrogens is 509 g/mol. The van der Waals surface area contributed by atoms with E-state index >= 15 is 0 Å². The van der Waals surface area contributed by atoms with E-state index in [1.54, 1.807) is 21.9 Å². The molecule has 0 radical (unpaired) electrons. The van der Waals surface area contributed by atoms with Gasteiger partial charge in [-0.2, -0.15) is 0 Å². The first-order valence-corrected chi connectivity index (χ1v) is 13.7. The van der Waals surface area contributed by atoms with Crippen molar-refractivity contribution in [3.8, 4) is 0 Å². The SMILES string of the molecule is CCN(CC)C(=O)c1cc(NC(=O)c2ccc(F)cc2)ccc1N1CCCN(C(=O)Nc2cccc(C)c2)CC1. The average Bonchev–Trinajstić information content (AvgIpc) is 3.20. The van der Waals surface area contributed by atoms with Crippen molar-refractivity contribution in [3.63, 3.8) is 0 Å². The monoisotopic (exact) mass is 545 g/mol. The van der Waals surface area contributed by atoms with Crippen LogP contribution in [0.1, 0.15) is 46.5 Å². The maximum atomic E-state index is 13.6. The van der Waals surface area contributed by atoms with E-state index < -0.39 is 5.82 Å². The molecule has 1 saturated heterocycles. The number of carbonyl (C=O) groups is 3. The van der Waals surface area contributed by atoms with Crippen molar-refractivity contribution in [1.82, 2.24) is 9.80 Å². The van der Waals surface area contributed by atoms with Crippen LogP contribution in [0.4, 0.5) is 26.2 Å². The van der Waals surface area contributed by atoms with Crippen molar-refractivity contribution in [2.75, 3.05) is 54.8 Å². The number of halogens is 1. The number of urea groups is 1. The van der Waals surface area contributed by atoms with Gasteiger partial charge < -0.3 is 25.3 Å². The van der Waals surface area contributed by atoms with Crippen LogP contribution in [0.2, 0.25) is 0 Å². The van der Waals surface area contributed by atoms with E-state index in [-0.39, 0.29) is 17.8 Å². The Morgan fingerprint density at radius 3 is 2.27 bits per heavy atom. The van der Waals surface area contributed by atoms with Crippen molar-refractivity contribution < 1.29 is 18.8 Å². The fourth-order valence-electron chi connectivity index (χ4n) is 4.83. The number of nitrogens with one attached hydrogen (secondary N) is 2. The Morgan fingerprint density at radius 2 is 1.57 bits per heavy atom. The van der Waals surface area contributed by atoms with Gasteiger partial charge in [-0.05, 0) is 87.4 Å². The van der Waals surface area contributed by atoms with Gasteiger partial charge in [0, 0.05) is 61.9 Å². The van der Waals surface area contributed by atoms with Crippen molar-refractivity contribution in [1.29, 1.82) is 0 Å². The lowest BCUT2D eigenvalue weighted by Crippen LogP contribution is -2.38. The van der Waals surface area contributed by atoms with Gasteiger partial charge in [0.1, 0.15) is 5.82 Å². The largest absolute Gasteiger partial charge is 0.369 e. The molecule has 4 amide bonds. The topological polar surface area (TPSA) is 85.0 Å². The quantitative estimate of drug-likeness (QED) is 0.404. The van der Waals surface area contributed by atoms with Crippen molar-refractivity contribution >= 4 is 34.9 Å². The van der Waals surface area contributed by atoms with Gasteiger partial charge in [0.2, 0.25) is 0 Å². The normalized spacial score (nSPS) is 13.4. The highest BCUT2D eigenvalue weighted by Gasteiger charge is 2.25. The number of hydrogen-bond donors (Lipinski definition) is 2. The molecule has 0 aliphatic carbocycles. The summed E-state index contributed by atoms with van der Waals surface area (Å²) in [7, 11) is 0. The fraction of sp³-hybridized carbons (Fsp3) is 0.323. The van der Waals surface area contributed by atoms with Crippen LogP contribution in [-0.4, -0.2) is 66.9 Å². The van der Waals surface area contributed by atoms with Gasteiger partial charge in [0.05, 0.1) is 5.56 Å². The molecule has 8 nitrogen and oxygen atoms in total. The average molecular weight is 546 g/mol. The zero-order chi connectivity index (χ0) is 28.6. The Morgan fingerprint density at radius 1 is 0.850 bits per heavy atom. The van der Waals surface area contributed by atoms with Crippen LogP contribution in [0.15, 0.2) is 66.7 Å². The third-order valence-electron chi connectivity index (χ3n) is 7.04. The molecule has 1 fully saturated rings. The number of benzene rings is 3. The number of anilines is 3. The van der Waals surface area contributed by atoms with Crippen LogP contribution in [0.3, 0.4) is 0 Å². The summed E-state index contributed by atoms with van der Waals surface area (Å²) >= 11 is 0. The molecule has 4 rings (SSSR count). The first kappa shape index (κ1) is 28.6. The highest BCUT2D eigenvalue weighted by molar-refractivity contribution is 6.06. The lowest BCUT2D eigenvalue weighted by molar-refractivity contribution is 0.0773. The number of carbonyl (C=O) groups excluding carboxylic acids is 3. The van der Waals surface area contributed by atoms with E-state index in [2.05, 4.69) is 15.5 Å². The van der Waals surface area contributed by atoms with Gasteiger partial charge in [-0.25, -0.2) is 9.18 Å². The van der Waals surface area contributed by atoms with Crippen molar-refractivity contribution in [2.45, 2.75) is 27.2 Å². The van der Waals surface area contributed by atoms with Crippen molar-refractivity contribution in [2.24, 2.45) is 0 Å². The second kappa shape index (κ2) is 13.1. The molecular formula is C31H36FN5O3. The third kappa shape index (κ3) is 6.97. The molecule has 0 unspecified atom stereocenters. The van der Waals surface area contributed by atoms with Crippen LogP contribution in [0.25, 0.3) is 0 Å². The van der Waals surface area contributed by atoms with E-state index in [0.29, 0.717) is 56.1 Å². The van der Waals surface area contributed by atoms with Crippen LogP contribution in [-0.2, 0) is 0 Å². The molecule has 1 heterocycles. The molecule has 1 aliphatic rings. The molecule has 0 bridgehead atoms. The van der Waals surface area contributed by atoms with E-state index in [0.717, 1.165) is 23.4 Å². The summed E-state index contributed by atoms with van der Waals surface area (Å²) < 4.78 is 13.3. The Kier molecular flexibility index (Phi) is 9.37. The van der Waals surface area contributed by atoms with Crippen molar-refractivity contribution in [3.05, 3.63) is 89.2 Å². The van der Waals surface area contributed by atoms with Crippen LogP contribution in [0, 0.1) is 12.7 Å². The Labute approximate surface area is 234 Å². The summed E-state index contributed by atoms with van der Waals surface area (Å²) in [5, 5.41) is 5.81. The second-order valence-electron chi connectivity index (χ2n) is 9.80. The molecule has 9 heteroatoms. The number of rotatable bonds is 7. The smallest absolute Gasteiger partial charge is 0.321 e. The Hall–Kier alpha value is -4.40. The van der Waals surface area contributed by atoms with E-state index in [1.165, 1.54) is 24.3 Å². The minimum Gasteiger partial charge on any atom is -0.369 e. The zero-order valence-electron chi connectivity index (χ0n) is 23.2. The molecule has 210 valence electrons. The Bertz CT molecular complexity index is 1360. The summed E-state index contributed by atoms with van der Waals surface area (Å²) in [6.45, 7) is 9.27. The third-order valence-corrected chi connectivity index (χ3v) is 7.04. The molecule has 2 N–H and O–H groups in total. The van der Waals surface area contributed by atoms with Gasteiger partial charge in [0.15, 0.2) is 0 Å². The maximum absolute atomic E-state index is 13.6. The molecule has 0 aromatic heterocycles. The zero-order valence-corrected chi connectivity index (χ0v) is 23.2. The second-order valence-corrected chi connectivity index (χ2v) is 9.80. The van der Waals surface area contributed by atoms with E-state index in [4.69, 9.17) is 0 Å². The molecule has 40 heavy (non-hydrogen) atoms. The Balaban J connectivity index is 1.53. The predicted molar refractivity (Wildman–Crippen MR) is 157 cm³/mol. The van der Waals surface area contributed by atoms with Crippen LogP contribution < -0.4 is 15.5 Å². The lowest BCUT2D eigenvalue weighted by atomic mass is 10.1. The van der Waals surface area contributed by atoms with Gasteiger partial charge >= 0.3 is 6.03 Å². The summed E-state index contributed by atoms with van der Waals surface area (Å²) in [4.78, 5) is 45.0. The van der Waals surface area contributed by atoms with Gasteiger partial charge in [-0.3, -0.25) is 9.59 Å². The summed E-state index contributed by atoms with van der Waals surface area (Å²) in [5.74, 6) is -0.938. The van der Waals surface area contributed by atoms with Crippen LogP contribution in [0.5, 0.6) is 0 Å². The molecule has 0 saturated carbocycles. The molecule has 3 aromatic rings. The summed E-state index contributed by atoms with van der Waals surface area (Å²) in [5.41, 5.74) is 3.87. The summed E-state index contributed by atoms with van der Waals surface area (Å²) in [6, 6.07) is 18.2. The number of nitrogens with zero attached hydrogens (tertiary/aromatic N) is 3. The molecule has 1 aliphatic heterocycles. The first-order valence-electron chi connectivity index (χ1n) is 13.7. The maximum Gasteiger partial charge on any atom is 0.321 e. The van der Waals surface area contributed by atoms with Gasteiger partial charge in [-0.15, -0.1) is 0 Å². The fourth-order valence-corrected chi connectivity index (χ4v) is 4.83. The molecule has 3 aromatic carbocycles. The van der Waals surface area contributed by atoms with E-state index in [9.17, 15) is 18.8 Å². The number of amides is 4. The molecule has 0 spiro atoms. The highest BCUT2D eigenvalue weighted by Crippen LogP contribution is 2.28. The predicted octanol–water partition coefficient (Wildman–Crippen LogP) is 5.61. The standard InChI is InChI=1S/C31H36FN5O3/c1-4-35(5-2)30(39)27-21-26(33-29(38)23-10-12-24(32)13-11-23)14-15-28(27)36-16-7-17-37(19-18-36)31(40)34-25-9-6-8-22(3)20-25/h6,8-15,20-21H,4-5,7,16-19H2,1-3H3,(H,33,38)(H,34,40). The number of aryl methyl sites for hydroxylation is 1. The van der Waals surface area contributed by atoms with Crippen LogP contribution >= 0.6 is 0 Å². The van der Waals surface area contributed by atoms with Gasteiger partial charge in [0.25, 0.3) is 11.8 Å². The lowest BCUT2D eigenvalue weighted by Gasteiger charge is -2.28. The molecule has 0 atom stereocenters. The minimum absolute atomic E-state index is 0.129. The highest BCUT2D eigenvalue weighted by atomic mass is 19.1. The first-order chi connectivity index (χ1) is 19.3. The van der Waals surface area contributed by atoms with E-state index in [1.807, 2.05) is 51.1 Å². The minimum atomic E-state index is -0.420.